The molecule has 0 saturated heterocycles. The molecular weight excluding hydrogens is 262 g/mol. The van der Waals surface area contributed by atoms with Crippen LogP contribution in [0, 0.1) is 0 Å². The van der Waals surface area contributed by atoms with Crippen molar-refractivity contribution in [3.8, 4) is 0 Å². The highest BCUT2D eigenvalue weighted by molar-refractivity contribution is 7.97. The van der Waals surface area contributed by atoms with Gasteiger partial charge in [0.1, 0.15) is 6.33 Å². The topological polar surface area (TPSA) is 67.9 Å². The van der Waals surface area contributed by atoms with Crippen LogP contribution in [0.2, 0.25) is 0 Å². The molecule has 0 aliphatic heterocycles. The lowest BCUT2D eigenvalue weighted by atomic mass is 10.2. The van der Waals surface area contributed by atoms with Crippen LogP contribution in [0.1, 0.15) is 30.4 Å². The van der Waals surface area contributed by atoms with Gasteiger partial charge in [-0.1, -0.05) is 5.16 Å². The lowest BCUT2D eigenvalue weighted by Gasteiger charge is -2.22. The Bertz CT molecular complexity index is 504. The lowest BCUT2D eigenvalue weighted by Crippen LogP contribution is -2.22. The minimum absolute atomic E-state index is 0.166. The average molecular weight is 279 g/mol. The zero-order valence-corrected chi connectivity index (χ0v) is 12.1. The molecule has 0 aliphatic rings. The molecule has 0 saturated carbocycles. The summed E-state index contributed by atoms with van der Waals surface area (Å²) in [6, 6.07) is 2.08. The van der Waals surface area contributed by atoms with E-state index in [0.717, 1.165) is 17.3 Å². The van der Waals surface area contributed by atoms with Crippen molar-refractivity contribution >= 4 is 11.8 Å². The molecule has 7 heteroatoms. The van der Waals surface area contributed by atoms with Crippen LogP contribution in [-0.2, 0) is 12.3 Å². The zero-order chi connectivity index (χ0) is 13.7. The summed E-state index contributed by atoms with van der Waals surface area (Å²) < 4.78 is 5.23. The van der Waals surface area contributed by atoms with Crippen molar-refractivity contribution < 1.29 is 4.52 Å². The molecule has 2 aromatic rings. The molecule has 0 fully saturated rings. The molecule has 0 aromatic carbocycles. The Morgan fingerprint density at radius 3 is 3.00 bits per heavy atom. The Labute approximate surface area is 116 Å². The quantitative estimate of drug-likeness (QED) is 0.800. The van der Waals surface area contributed by atoms with E-state index in [-0.39, 0.29) is 6.04 Å². The third kappa shape index (κ3) is 3.74. The number of hydrogen-bond acceptors (Lipinski definition) is 7. The summed E-state index contributed by atoms with van der Waals surface area (Å²) in [6.07, 6.45) is 5.32. The first-order valence-electron chi connectivity index (χ1n) is 5.97. The number of nitrogens with zero attached hydrogens (tertiary/aromatic N) is 5. The van der Waals surface area contributed by atoms with E-state index in [0.29, 0.717) is 12.4 Å². The molecule has 0 amide bonds. The molecule has 2 aromatic heterocycles. The number of thioether (sulfide) groups is 1. The van der Waals surface area contributed by atoms with Gasteiger partial charge in [0.05, 0.1) is 18.0 Å². The lowest BCUT2D eigenvalue weighted by molar-refractivity contribution is 0.213. The fourth-order valence-corrected chi connectivity index (χ4v) is 2.04. The Kier molecular flexibility index (Phi) is 4.86. The van der Waals surface area contributed by atoms with Crippen LogP contribution in [0.25, 0.3) is 0 Å². The summed E-state index contributed by atoms with van der Waals surface area (Å²) in [5, 5.41) is 3.93. The molecular formula is C12H17N5OS. The summed E-state index contributed by atoms with van der Waals surface area (Å²) in [7, 11) is 2.01. The first-order valence-corrected chi connectivity index (χ1v) is 7.36. The predicted octanol–water partition coefficient (Wildman–Crippen LogP) is 1.92. The second kappa shape index (κ2) is 6.63. The van der Waals surface area contributed by atoms with E-state index in [4.69, 9.17) is 4.52 Å². The van der Waals surface area contributed by atoms with Crippen LogP contribution in [0.15, 0.2) is 23.1 Å². The van der Waals surface area contributed by atoms with Crippen LogP contribution in [-0.4, -0.2) is 38.3 Å². The van der Waals surface area contributed by atoms with Crippen molar-refractivity contribution in [3.05, 3.63) is 36.0 Å². The van der Waals surface area contributed by atoms with Crippen LogP contribution >= 0.6 is 11.8 Å². The van der Waals surface area contributed by atoms with Crippen LogP contribution in [0.3, 0.4) is 0 Å². The summed E-state index contributed by atoms with van der Waals surface area (Å²) in [5.74, 6) is 2.15. The third-order valence-electron chi connectivity index (χ3n) is 2.86. The summed E-state index contributed by atoms with van der Waals surface area (Å²) >= 11 is 1.67. The van der Waals surface area contributed by atoms with Gasteiger partial charge in [-0.2, -0.15) is 16.7 Å². The molecule has 1 unspecified atom stereocenters. The van der Waals surface area contributed by atoms with Crippen molar-refractivity contribution in [2.75, 3.05) is 13.3 Å². The number of hydrogen-bond donors (Lipinski definition) is 0. The molecule has 2 heterocycles. The van der Waals surface area contributed by atoms with E-state index in [9.17, 15) is 0 Å². The Morgan fingerprint density at radius 1 is 1.47 bits per heavy atom. The predicted molar refractivity (Wildman–Crippen MR) is 73.4 cm³/mol. The van der Waals surface area contributed by atoms with Gasteiger partial charge in [-0.15, -0.1) is 0 Å². The molecule has 0 N–H and O–H groups in total. The molecule has 102 valence electrons. The maximum Gasteiger partial charge on any atom is 0.240 e. The van der Waals surface area contributed by atoms with Gasteiger partial charge >= 0.3 is 0 Å². The Hall–Kier alpha value is -1.47. The van der Waals surface area contributed by atoms with E-state index in [1.807, 2.05) is 19.4 Å². The molecule has 1 atom stereocenters. The highest BCUT2D eigenvalue weighted by Crippen LogP contribution is 2.17. The molecule has 2 rings (SSSR count). The molecule has 19 heavy (non-hydrogen) atoms. The maximum atomic E-state index is 5.23. The SMILES string of the molecule is CSCc1noc(CN(C)C(C)c2ccncn2)n1. The number of rotatable bonds is 6. The normalized spacial score (nSPS) is 12.8. The minimum Gasteiger partial charge on any atom is -0.338 e. The van der Waals surface area contributed by atoms with E-state index < -0.39 is 0 Å². The molecule has 0 spiro atoms. The first-order chi connectivity index (χ1) is 9.20. The third-order valence-corrected chi connectivity index (χ3v) is 3.41. The second-order valence-electron chi connectivity index (χ2n) is 4.26. The van der Waals surface area contributed by atoms with Gasteiger partial charge < -0.3 is 4.52 Å². The van der Waals surface area contributed by atoms with Crippen molar-refractivity contribution in [1.29, 1.82) is 0 Å². The van der Waals surface area contributed by atoms with Crippen LogP contribution in [0.4, 0.5) is 0 Å². The van der Waals surface area contributed by atoms with Gasteiger partial charge in [-0.3, -0.25) is 4.90 Å². The summed E-state index contributed by atoms with van der Waals surface area (Å²) in [6.45, 7) is 2.69. The largest absolute Gasteiger partial charge is 0.338 e. The van der Waals surface area contributed by atoms with Gasteiger partial charge in [0.15, 0.2) is 5.82 Å². The van der Waals surface area contributed by atoms with Gasteiger partial charge in [-0.05, 0) is 26.3 Å². The van der Waals surface area contributed by atoms with Crippen molar-refractivity contribution in [3.63, 3.8) is 0 Å². The monoisotopic (exact) mass is 279 g/mol. The highest BCUT2D eigenvalue weighted by atomic mass is 32.2. The van der Waals surface area contributed by atoms with Gasteiger partial charge in [0, 0.05) is 12.2 Å². The van der Waals surface area contributed by atoms with Gasteiger partial charge in [-0.25, -0.2) is 9.97 Å². The number of aromatic nitrogens is 4. The van der Waals surface area contributed by atoms with Gasteiger partial charge in [0.25, 0.3) is 0 Å². The molecule has 0 bridgehead atoms. The van der Waals surface area contributed by atoms with E-state index in [1.54, 1.807) is 24.3 Å². The molecule has 0 aliphatic carbocycles. The van der Waals surface area contributed by atoms with Crippen molar-refractivity contribution in [2.24, 2.45) is 0 Å². The summed E-state index contributed by atoms with van der Waals surface area (Å²) in [5.41, 5.74) is 0.973. The smallest absolute Gasteiger partial charge is 0.240 e. The first kappa shape index (κ1) is 14.0. The van der Waals surface area contributed by atoms with Gasteiger partial charge in [0.2, 0.25) is 5.89 Å². The van der Waals surface area contributed by atoms with Crippen molar-refractivity contribution in [1.82, 2.24) is 25.0 Å². The average Bonchev–Trinajstić information content (AvgIpc) is 2.86. The zero-order valence-electron chi connectivity index (χ0n) is 11.3. The minimum atomic E-state index is 0.166. The fraction of sp³-hybridized carbons (Fsp3) is 0.500. The fourth-order valence-electron chi connectivity index (χ4n) is 1.67. The highest BCUT2D eigenvalue weighted by Gasteiger charge is 2.16. The van der Waals surface area contributed by atoms with E-state index >= 15 is 0 Å². The maximum absolute atomic E-state index is 5.23. The second-order valence-corrected chi connectivity index (χ2v) is 5.13. The Balaban J connectivity index is 1.98. The van der Waals surface area contributed by atoms with Crippen LogP contribution in [0.5, 0.6) is 0 Å². The molecule has 6 nitrogen and oxygen atoms in total. The van der Waals surface area contributed by atoms with E-state index in [2.05, 4.69) is 31.9 Å². The van der Waals surface area contributed by atoms with Crippen LogP contribution < -0.4 is 0 Å². The standard InChI is InChI=1S/C12H17N5OS/c1-9(10-4-5-13-8-14-10)17(2)6-12-15-11(7-19-3)16-18-12/h4-5,8-9H,6-7H2,1-3H3. The van der Waals surface area contributed by atoms with Crippen molar-refractivity contribution in [2.45, 2.75) is 25.3 Å². The Morgan fingerprint density at radius 2 is 2.32 bits per heavy atom. The molecule has 0 radical (unpaired) electrons. The summed E-state index contributed by atoms with van der Waals surface area (Å²) in [4.78, 5) is 14.6. The van der Waals surface area contributed by atoms with E-state index in [1.165, 1.54) is 0 Å².